The van der Waals surface area contributed by atoms with E-state index in [1.807, 2.05) is 0 Å². The van der Waals surface area contributed by atoms with Crippen LogP contribution in [0.4, 0.5) is 11.4 Å². The molecule has 2 aromatic rings. The van der Waals surface area contributed by atoms with E-state index < -0.39 is 9.85 Å². The molecule has 0 spiro atoms. The molecule has 0 unspecified atom stereocenters. The first-order valence-corrected chi connectivity index (χ1v) is 4.98. The van der Waals surface area contributed by atoms with Gasteiger partial charge in [-0.25, -0.2) is 0 Å². The minimum atomic E-state index is -0.668. The second kappa shape index (κ2) is 4.28. The third-order valence-corrected chi connectivity index (χ3v) is 2.56. The van der Waals surface area contributed by atoms with Gasteiger partial charge in [0, 0.05) is 17.2 Å². The number of nitrogens with zero attached hydrogens (tertiary/aromatic N) is 2. The van der Waals surface area contributed by atoms with E-state index in [1.165, 1.54) is 19.3 Å². The summed E-state index contributed by atoms with van der Waals surface area (Å²) in [4.78, 5) is 20.3. The van der Waals surface area contributed by atoms with Crippen molar-refractivity contribution in [3.8, 4) is 11.3 Å². The third-order valence-electron chi connectivity index (χ3n) is 2.56. The first-order chi connectivity index (χ1) is 8.50. The van der Waals surface area contributed by atoms with Gasteiger partial charge in [-0.3, -0.25) is 20.2 Å². The molecule has 0 aliphatic rings. The van der Waals surface area contributed by atoms with Crippen LogP contribution in [0.5, 0.6) is 0 Å². The molecule has 7 heteroatoms. The second-order valence-corrected chi connectivity index (χ2v) is 3.63. The number of benzene rings is 1. The molecule has 0 aliphatic heterocycles. The lowest BCUT2D eigenvalue weighted by Crippen LogP contribution is -1.97. The van der Waals surface area contributed by atoms with Crippen LogP contribution in [0.15, 0.2) is 34.9 Å². The molecule has 1 aromatic carbocycles. The van der Waals surface area contributed by atoms with E-state index >= 15 is 0 Å². The van der Waals surface area contributed by atoms with Gasteiger partial charge in [-0.2, -0.15) is 0 Å². The van der Waals surface area contributed by atoms with E-state index in [2.05, 4.69) is 0 Å². The van der Waals surface area contributed by atoms with Gasteiger partial charge in [0.05, 0.1) is 22.2 Å². The highest BCUT2D eigenvalue weighted by atomic mass is 16.6. The van der Waals surface area contributed by atoms with Gasteiger partial charge in [0.1, 0.15) is 5.76 Å². The molecule has 7 nitrogen and oxygen atoms in total. The van der Waals surface area contributed by atoms with Crippen molar-refractivity contribution in [2.45, 2.75) is 6.92 Å². The number of nitro benzene ring substituents is 2. The summed E-state index contributed by atoms with van der Waals surface area (Å²) in [5.74, 6) is 0.360. The van der Waals surface area contributed by atoms with Crippen LogP contribution in [-0.2, 0) is 0 Å². The Morgan fingerprint density at radius 2 is 1.89 bits per heavy atom. The molecule has 2 rings (SSSR count). The van der Waals surface area contributed by atoms with Crippen molar-refractivity contribution in [2.24, 2.45) is 0 Å². The van der Waals surface area contributed by atoms with E-state index in [9.17, 15) is 20.2 Å². The van der Waals surface area contributed by atoms with Gasteiger partial charge < -0.3 is 4.42 Å². The fraction of sp³-hybridized carbons (Fsp3) is 0.0909. The van der Waals surface area contributed by atoms with Crippen molar-refractivity contribution in [1.82, 2.24) is 0 Å². The van der Waals surface area contributed by atoms with Crippen molar-refractivity contribution >= 4 is 11.4 Å². The molecule has 1 heterocycles. The highest BCUT2D eigenvalue weighted by Crippen LogP contribution is 2.34. The average molecular weight is 248 g/mol. The zero-order valence-corrected chi connectivity index (χ0v) is 9.32. The number of hydrogen-bond donors (Lipinski definition) is 0. The fourth-order valence-electron chi connectivity index (χ4n) is 1.67. The fourth-order valence-corrected chi connectivity index (χ4v) is 1.67. The first kappa shape index (κ1) is 11.8. The van der Waals surface area contributed by atoms with E-state index in [4.69, 9.17) is 4.42 Å². The van der Waals surface area contributed by atoms with Gasteiger partial charge >= 0.3 is 0 Å². The smallest absolute Gasteiger partial charge is 0.279 e. The Hall–Kier alpha value is -2.70. The number of nitro groups is 2. The molecule has 0 N–H and O–H groups in total. The summed E-state index contributed by atoms with van der Waals surface area (Å²) in [5, 5.41) is 21.6. The number of rotatable bonds is 3. The average Bonchev–Trinajstić information content (AvgIpc) is 2.81. The number of furan rings is 1. The predicted octanol–water partition coefficient (Wildman–Crippen LogP) is 3.07. The molecule has 0 aliphatic carbocycles. The van der Waals surface area contributed by atoms with E-state index in [0.717, 1.165) is 6.07 Å². The monoisotopic (exact) mass is 248 g/mol. The summed E-state index contributed by atoms with van der Waals surface area (Å²) in [7, 11) is 0. The van der Waals surface area contributed by atoms with Gasteiger partial charge in [-0.15, -0.1) is 0 Å². The second-order valence-electron chi connectivity index (χ2n) is 3.63. The number of non-ortho nitro benzene ring substituents is 1. The van der Waals surface area contributed by atoms with E-state index in [0.29, 0.717) is 16.9 Å². The molecule has 92 valence electrons. The van der Waals surface area contributed by atoms with Crippen LogP contribution in [0.25, 0.3) is 11.3 Å². The third kappa shape index (κ3) is 1.93. The van der Waals surface area contributed by atoms with E-state index in [1.54, 1.807) is 12.1 Å². The van der Waals surface area contributed by atoms with Crippen molar-refractivity contribution in [1.29, 1.82) is 0 Å². The van der Waals surface area contributed by atoms with Crippen LogP contribution in [0, 0.1) is 27.2 Å². The summed E-state index contributed by atoms with van der Waals surface area (Å²) in [6.07, 6.45) is 1.40. The topological polar surface area (TPSA) is 99.4 Å². The standard InChI is InChI=1S/C11H8N2O5/c1-7-9(11-3-2-4-18-11)5-8(12(14)15)6-10(7)13(16)17/h2-6H,1H3. The minimum absolute atomic E-state index is 0.296. The molecule has 0 saturated heterocycles. The zero-order valence-electron chi connectivity index (χ0n) is 9.32. The molecule has 0 bridgehead atoms. The summed E-state index contributed by atoms with van der Waals surface area (Å²) in [6, 6.07) is 5.41. The summed E-state index contributed by atoms with van der Waals surface area (Å²) < 4.78 is 5.12. The van der Waals surface area contributed by atoms with Crippen LogP contribution >= 0.6 is 0 Å². The minimum Gasteiger partial charge on any atom is -0.464 e. The van der Waals surface area contributed by atoms with Crippen LogP contribution in [-0.4, -0.2) is 9.85 Å². The molecule has 18 heavy (non-hydrogen) atoms. The zero-order chi connectivity index (χ0) is 13.3. The lowest BCUT2D eigenvalue weighted by Gasteiger charge is -2.03. The van der Waals surface area contributed by atoms with Crippen molar-refractivity contribution in [3.05, 3.63) is 56.3 Å². The molecule has 1 aromatic heterocycles. The van der Waals surface area contributed by atoms with Crippen LogP contribution < -0.4 is 0 Å². The Kier molecular flexibility index (Phi) is 2.80. The molecule has 0 atom stereocenters. The van der Waals surface area contributed by atoms with Gasteiger partial charge in [0.2, 0.25) is 0 Å². The Labute approximate surface area is 101 Å². The van der Waals surface area contributed by atoms with Crippen molar-refractivity contribution in [2.75, 3.05) is 0 Å². The van der Waals surface area contributed by atoms with E-state index in [-0.39, 0.29) is 11.4 Å². The molecular weight excluding hydrogens is 240 g/mol. The molecular formula is C11H8N2O5. The maximum absolute atomic E-state index is 10.9. The van der Waals surface area contributed by atoms with Crippen LogP contribution in [0.1, 0.15) is 5.56 Å². The lowest BCUT2D eigenvalue weighted by molar-refractivity contribution is -0.394. The summed E-state index contributed by atoms with van der Waals surface area (Å²) >= 11 is 0. The largest absolute Gasteiger partial charge is 0.464 e. The predicted molar refractivity (Wildman–Crippen MR) is 62.2 cm³/mol. The first-order valence-electron chi connectivity index (χ1n) is 4.98. The maximum atomic E-state index is 10.9. The van der Waals surface area contributed by atoms with Gasteiger partial charge in [0.15, 0.2) is 0 Å². The lowest BCUT2D eigenvalue weighted by atomic mass is 10.0. The van der Waals surface area contributed by atoms with Gasteiger partial charge in [-0.05, 0) is 19.1 Å². The quantitative estimate of drug-likeness (QED) is 0.613. The molecule has 0 fully saturated rings. The highest BCUT2D eigenvalue weighted by Gasteiger charge is 2.22. The molecule has 0 saturated carbocycles. The Morgan fingerprint density at radius 3 is 2.39 bits per heavy atom. The SMILES string of the molecule is Cc1c(-c2ccco2)cc([N+](=O)[O-])cc1[N+](=O)[O-]. The number of hydrogen-bond acceptors (Lipinski definition) is 5. The molecule has 0 radical (unpaired) electrons. The van der Waals surface area contributed by atoms with Crippen LogP contribution in [0.2, 0.25) is 0 Å². The summed E-state index contributed by atoms with van der Waals surface area (Å²) in [5.41, 5.74) is 0.0516. The highest BCUT2D eigenvalue weighted by molar-refractivity contribution is 5.71. The van der Waals surface area contributed by atoms with Gasteiger partial charge in [0.25, 0.3) is 11.4 Å². The Bertz CT molecular complexity index is 619. The maximum Gasteiger partial charge on any atom is 0.279 e. The summed E-state index contributed by atoms with van der Waals surface area (Å²) in [6.45, 7) is 1.53. The van der Waals surface area contributed by atoms with Gasteiger partial charge in [-0.1, -0.05) is 0 Å². The van der Waals surface area contributed by atoms with Crippen LogP contribution in [0.3, 0.4) is 0 Å². The Morgan fingerprint density at radius 1 is 1.17 bits per heavy atom. The van der Waals surface area contributed by atoms with Crippen molar-refractivity contribution in [3.63, 3.8) is 0 Å². The Balaban J connectivity index is 2.72. The normalized spacial score (nSPS) is 10.3. The molecule has 0 amide bonds. The van der Waals surface area contributed by atoms with Crippen molar-refractivity contribution < 1.29 is 14.3 Å².